The monoisotopic (exact) mass is 278 g/mol. The number of aliphatic hydroxyl groups is 1. The number of aliphatic hydroxyl groups excluding tert-OH is 1. The minimum absolute atomic E-state index is 0.399. The zero-order valence-electron chi connectivity index (χ0n) is 9.64. The van der Waals surface area contributed by atoms with E-state index in [2.05, 4.69) is 5.32 Å². The van der Waals surface area contributed by atoms with E-state index in [9.17, 15) is 13.6 Å². The number of anilines is 1. The first-order valence-electron chi connectivity index (χ1n) is 5.14. The number of hydrogen-bond donors (Lipinski definition) is 3. The summed E-state index contributed by atoms with van der Waals surface area (Å²) in [6.45, 7) is -0.452. The van der Waals surface area contributed by atoms with Crippen LogP contribution in [-0.2, 0) is 0 Å². The van der Waals surface area contributed by atoms with Crippen molar-refractivity contribution in [1.29, 1.82) is 0 Å². The zero-order chi connectivity index (χ0) is 13.8. The Bertz CT molecular complexity index is 441. The van der Waals surface area contributed by atoms with Crippen LogP contribution in [0.4, 0.5) is 19.3 Å². The summed E-state index contributed by atoms with van der Waals surface area (Å²) in [5.74, 6) is -3.33. The highest BCUT2D eigenvalue weighted by molar-refractivity contribution is 6.31. The summed E-state index contributed by atoms with van der Waals surface area (Å²) in [6.07, 6.45) is 0. The molecule has 0 bridgehead atoms. The van der Waals surface area contributed by atoms with E-state index < -0.39 is 25.1 Å². The molecule has 0 saturated carbocycles. The van der Waals surface area contributed by atoms with E-state index in [-0.39, 0.29) is 0 Å². The number of halogens is 3. The van der Waals surface area contributed by atoms with Crippen molar-refractivity contribution in [2.24, 2.45) is 0 Å². The molecule has 0 radical (unpaired) electrons. The highest BCUT2D eigenvalue weighted by Crippen LogP contribution is 2.19. The second-order valence-electron chi connectivity index (χ2n) is 3.79. The van der Waals surface area contributed by atoms with Crippen LogP contribution in [0, 0.1) is 6.92 Å². The molecule has 0 aromatic heterocycles. The Balaban J connectivity index is 2.52. The summed E-state index contributed by atoms with van der Waals surface area (Å²) < 4.78 is 25.3. The van der Waals surface area contributed by atoms with Crippen molar-refractivity contribution in [3.8, 4) is 0 Å². The summed E-state index contributed by atoms with van der Waals surface area (Å²) in [5, 5.41) is 13.1. The van der Waals surface area contributed by atoms with Crippen LogP contribution in [0.15, 0.2) is 18.2 Å². The molecule has 4 nitrogen and oxygen atoms in total. The summed E-state index contributed by atoms with van der Waals surface area (Å²) in [4.78, 5) is 11.3. The predicted octanol–water partition coefficient (Wildman–Crippen LogP) is 2.40. The molecule has 0 atom stereocenters. The topological polar surface area (TPSA) is 61.4 Å². The van der Waals surface area contributed by atoms with Gasteiger partial charge in [-0.15, -0.1) is 0 Å². The van der Waals surface area contributed by atoms with Crippen molar-refractivity contribution in [2.45, 2.75) is 12.8 Å². The Morgan fingerprint density at radius 1 is 1.50 bits per heavy atom. The number of aryl methyl sites for hydroxylation is 1. The number of urea groups is 1. The molecular weight excluding hydrogens is 266 g/mol. The third kappa shape index (κ3) is 4.46. The van der Waals surface area contributed by atoms with Crippen LogP contribution in [0.25, 0.3) is 0 Å². The van der Waals surface area contributed by atoms with Crippen LogP contribution in [0.5, 0.6) is 0 Å². The first kappa shape index (κ1) is 14.7. The highest BCUT2D eigenvalue weighted by atomic mass is 35.5. The summed E-state index contributed by atoms with van der Waals surface area (Å²) >= 11 is 5.84. The molecule has 0 saturated heterocycles. The molecule has 1 aromatic carbocycles. The Morgan fingerprint density at radius 2 is 2.17 bits per heavy atom. The molecular formula is C11H13ClF2N2O2. The molecule has 0 spiro atoms. The minimum Gasteiger partial charge on any atom is -0.390 e. The molecule has 100 valence electrons. The van der Waals surface area contributed by atoms with E-state index in [1.54, 1.807) is 19.1 Å². The van der Waals surface area contributed by atoms with Gasteiger partial charge in [0.2, 0.25) is 0 Å². The Morgan fingerprint density at radius 3 is 2.72 bits per heavy atom. The SMILES string of the molecule is Cc1ccc(NC(=O)NCC(F)(F)CO)cc1Cl. The van der Waals surface area contributed by atoms with Gasteiger partial charge in [0.15, 0.2) is 0 Å². The quantitative estimate of drug-likeness (QED) is 0.792. The lowest BCUT2D eigenvalue weighted by Gasteiger charge is -2.14. The third-order valence-electron chi connectivity index (χ3n) is 2.17. The smallest absolute Gasteiger partial charge is 0.319 e. The van der Waals surface area contributed by atoms with E-state index in [1.807, 2.05) is 5.32 Å². The standard InChI is InChI=1S/C11H13ClF2N2O2/c1-7-2-3-8(4-9(7)12)16-10(18)15-5-11(13,14)6-17/h2-4,17H,5-6H2,1H3,(H2,15,16,18). The molecule has 0 fully saturated rings. The molecule has 0 heterocycles. The van der Waals surface area contributed by atoms with Gasteiger partial charge in [-0.05, 0) is 24.6 Å². The first-order valence-corrected chi connectivity index (χ1v) is 5.51. The molecule has 0 aliphatic rings. The van der Waals surface area contributed by atoms with Crippen LogP contribution < -0.4 is 10.6 Å². The fraction of sp³-hybridized carbons (Fsp3) is 0.364. The average molecular weight is 279 g/mol. The number of alkyl halides is 2. The number of carbonyl (C=O) groups is 1. The van der Waals surface area contributed by atoms with Crippen LogP contribution in [0.2, 0.25) is 5.02 Å². The van der Waals surface area contributed by atoms with Crippen molar-refractivity contribution in [3.63, 3.8) is 0 Å². The van der Waals surface area contributed by atoms with E-state index in [4.69, 9.17) is 16.7 Å². The van der Waals surface area contributed by atoms with Gasteiger partial charge in [0.1, 0.15) is 6.61 Å². The molecule has 2 amide bonds. The average Bonchev–Trinajstić information content (AvgIpc) is 2.32. The summed E-state index contributed by atoms with van der Waals surface area (Å²) in [5.41, 5.74) is 1.24. The normalized spacial score (nSPS) is 11.2. The van der Waals surface area contributed by atoms with Gasteiger partial charge < -0.3 is 15.7 Å². The Kier molecular flexibility index (Phi) is 4.86. The maximum Gasteiger partial charge on any atom is 0.319 e. The van der Waals surface area contributed by atoms with E-state index in [0.717, 1.165) is 5.56 Å². The van der Waals surface area contributed by atoms with Crippen LogP contribution >= 0.6 is 11.6 Å². The molecule has 3 N–H and O–H groups in total. The Hall–Kier alpha value is -1.40. The zero-order valence-corrected chi connectivity index (χ0v) is 10.4. The second kappa shape index (κ2) is 5.97. The van der Waals surface area contributed by atoms with Gasteiger partial charge in [0.25, 0.3) is 5.92 Å². The van der Waals surface area contributed by atoms with Gasteiger partial charge >= 0.3 is 6.03 Å². The number of nitrogens with one attached hydrogen (secondary N) is 2. The fourth-order valence-corrected chi connectivity index (χ4v) is 1.29. The second-order valence-corrected chi connectivity index (χ2v) is 4.19. The van der Waals surface area contributed by atoms with Gasteiger partial charge in [-0.1, -0.05) is 17.7 Å². The molecule has 1 rings (SSSR count). The molecule has 1 aromatic rings. The number of amides is 2. The van der Waals surface area contributed by atoms with Crippen molar-refractivity contribution in [1.82, 2.24) is 5.32 Å². The first-order chi connectivity index (χ1) is 8.34. The minimum atomic E-state index is -3.33. The van der Waals surface area contributed by atoms with E-state index >= 15 is 0 Å². The number of carbonyl (C=O) groups excluding carboxylic acids is 1. The van der Waals surface area contributed by atoms with Crippen molar-refractivity contribution in [3.05, 3.63) is 28.8 Å². The van der Waals surface area contributed by atoms with Gasteiger partial charge in [0, 0.05) is 10.7 Å². The van der Waals surface area contributed by atoms with E-state index in [0.29, 0.717) is 10.7 Å². The highest BCUT2D eigenvalue weighted by Gasteiger charge is 2.28. The molecule has 0 aliphatic heterocycles. The maximum absolute atomic E-state index is 12.7. The molecule has 7 heteroatoms. The lowest BCUT2D eigenvalue weighted by molar-refractivity contribution is -0.0451. The molecule has 0 unspecified atom stereocenters. The van der Waals surface area contributed by atoms with Crippen molar-refractivity contribution < 1.29 is 18.7 Å². The van der Waals surface area contributed by atoms with Gasteiger partial charge in [-0.2, -0.15) is 0 Å². The predicted molar refractivity (Wildman–Crippen MR) is 65.2 cm³/mol. The summed E-state index contributed by atoms with van der Waals surface area (Å²) in [7, 11) is 0. The van der Waals surface area contributed by atoms with Gasteiger partial charge in [0.05, 0.1) is 6.54 Å². The number of rotatable bonds is 4. The summed E-state index contributed by atoms with van der Waals surface area (Å²) in [6, 6.07) is 4.02. The van der Waals surface area contributed by atoms with Crippen LogP contribution in [-0.4, -0.2) is 30.2 Å². The largest absolute Gasteiger partial charge is 0.390 e. The van der Waals surface area contributed by atoms with Crippen molar-refractivity contribution in [2.75, 3.05) is 18.5 Å². The fourth-order valence-electron chi connectivity index (χ4n) is 1.11. The molecule has 0 aliphatic carbocycles. The maximum atomic E-state index is 12.7. The van der Waals surface area contributed by atoms with E-state index in [1.165, 1.54) is 6.07 Å². The Labute approximate surface area is 108 Å². The van der Waals surface area contributed by atoms with Crippen LogP contribution in [0.3, 0.4) is 0 Å². The van der Waals surface area contributed by atoms with Crippen LogP contribution in [0.1, 0.15) is 5.56 Å². The lowest BCUT2D eigenvalue weighted by atomic mass is 10.2. The van der Waals surface area contributed by atoms with Crippen molar-refractivity contribution >= 4 is 23.3 Å². The number of hydrogen-bond acceptors (Lipinski definition) is 2. The van der Waals surface area contributed by atoms with Gasteiger partial charge in [-0.3, -0.25) is 0 Å². The third-order valence-corrected chi connectivity index (χ3v) is 2.58. The lowest BCUT2D eigenvalue weighted by Crippen LogP contribution is -2.40. The molecule has 18 heavy (non-hydrogen) atoms. The number of benzene rings is 1. The van der Waals surface area contributed by atoms with Gasteiger partial charge in [-0.25, -0.2) is 13.6 Å².